The monoisotopic (exact) mass is 724 g/mol. The summed E-state index contributed by atoms with van der Waals surface area (Å²) in [5, 5.41) is 17.8. The number of carbonyl (C=O) groups excluding carboxylic acids is 1. The number of nitrogens with two attached hydrogens (primary N) is 1. The Morgan fingerprint density at radius 1 is 1.08 bits per heavy atom. The summed E-state index contributed by atoms with van der Waals surface area (Å²) in [4.78, 5) is 39.1. The smallest absolute Gasteiger partial charge is 0.416 e. The fraction of sp³-hybridized carbons (Fsp3) is 0.455. The molecule has 3 N–H and O–H groups in total. The predicted octanol–water partition coefficient (Wildman–Crippen LogP) is 6.60. The Kier molecular flexibility index (Phi) is 12.0. The Morgan fingerprint density at radius 3 is 2.35 bits per heavy atom. The Bertz CT molecular complexity index is 1750. The minimum Gasteiger partial charge on any atom is -0.490 e. The zero-order valence-electron chi connectivity index (χ0n) is 27.5. The number of carboxylic acids is 1. The fourth-order valence-corrected chi connectivity index (χ4v) is 5.52. The van der Waals surface area contributed by atoms with Crippen molar-refractivity contribution in [2.75, 3.05) is 25.2 Å². The van der Waals surface area contributed by atoms with Crippen LogP contribution in [0.2, 0.25) is 0 Å². The highest BCUT2D eigenvalue weighted by Gasteiger charge is 2.47. The maximum absolute atomic E-state index is 13.7. The number of carbonyl (C=O) groups is 2. The zero-order chi connectivity index (χ0) is 37.6. The minimum absolute atomic E-state index is 0.0179. The van der Waals surface area contributed by atoms with Gasteiger partial charge in [0.05, 0.1) is 66.7 Å². The second-order valence-corrected chi connectivity index (χ2v) is 11.7. The average Bonchev–Trinajstić information content (AvgIpc) is 3.07. The highest BCUT2D eigenvalue weighted by molar-refractivity contribution is 5.91. The number of carboxylic acid groups (broad SMARTS) is 1. The summed E-state index contributed by atoms with van der Waals surface area (Å²) in [6.45, 7) is 1.48. The SMILES string of the molecule is CC[C@]1(N)C[C@H](c2ncc(OCCCC#N)c(Cc3cc(C(F)(F)F)cc(C(F)(F)F)c3)n2)c2nc(OC)ccc2N1C(=O)OCCCC(=O)O. The van der Waals surface area contributed by atoms with E-state index in [2.05, 4.69) is 15.0 Å². The van der Waals surface area contributed by atoms with Crippen LogP contribution in [0.1, 0.15) is 85.3 Å². The standard InChI is InChI=1S/C33H34F6N6O6/c1-3-31(41)17-22(28-24(8-9-26(44-28)49-2)45(31)30(48)51-12-6-7-27(46)47)29-42-18-25(50-11-5-4-10-40)23(43-29)15-19-13-20(32(34,35)36)16-21(14-19)33(37,38)39/h8-9,13-14,16,18,22H,3-7,11-12,15,17,41H2,1-2H3,(H,46,47)/t22-,31+/m0/s1. The summed E-state index contributed by atoms with van der Waals surface area (Å²) in [7, 11) is 1.36. The summed E-state index contributed by atoms with van der Waals surface area (Å²) >= 11 is 0. The number of aliphatic carboxylic acids is 1. The van der Waals surface area contributed by atoms with E-state index in [0.717, 1.165) is 0 Å². The molecule has 1 aliphatic heterocycles. The molecule has 3 aromatic rings. The number of halogens is 6. The number of aromatic nitrogens is 3. The van der Waals surface area contributed by atoms with Crippen LogP contribution in [0.15, 0.2) is 36.5 Å². The summed E-state index contributed by atoms with van der Waals surface area (Å²) < 4.78 is 98.5. The van der Waals surface area contributed by atoms with E-state index < -0.39 is 53.5 Å². The largest absolute Gasteiger partial charge is 0.490 e. The van der Waals surface area contributed by atoms with Crippen LogP contribution >= 0.6 is 0 Å². The third-order valence-corrected chi connectivity index (χ3v) is 8.08. The third kappa shape index (κ3) is 9.34. The number of amides is 1. The van der Waals surface area contributed by atoms with Crippen molar-refractivity contribution in [2.45, 2.75) is 75.8 Å². The first-order chi connectivity index (χ1) is 24.0. The molecule has 1 aromatic carbocycles. The molecule has 0 unspecified atom stereocenters. The number of pyridine rings is 1. The van der Waals surface area contributed by atoms with Gasteiger partial charge < -0.3 is 25.1 Å². The van der Waals surface area contributed by atoms with Crippen molar-refractivity contribution >= 4 is 17.7 Å². The molecule has 12 nitrogen and oxygen atoms in total. The number of nitriles is 1. The van der Waals surface area contributed by atoms with Gasteiger partial charge in [0.25, 0.3) is 0 Å². The zero-order valence-corrected chi connectivity index (χ0v) is 27.5. The molecule has 0 saturated heterocycles. The third-order valence-electron chi connectivity index (χ3n) is 8.08. The molecule has 0 aliphatic carbocycles. The summed E-state index contributed by atoms with van der Waals surface area (Å²) in [6.07, 6.45) is -10.0. The molecule has 1 amide bonds. The van der Waals surface area contributed by atoms with Crippen molar-refractivity contribution in [2.24, 2.45) is 5.73 Å². The van der Waals surface area contributed by atoms with E-state index in [1.165, 1.54) is 30.3 Å². The summed E-state index contributed by atoms with van der Waals surface area (Å²) in [6, 6.07) is 6.16. The van der Waals surface area contributed by atoms with Gasteiger partial charge in [0.2, 0.25) is 5.88 Å². The van der Waals surface area contributed by atoms with E-state index in [1.807, 2.05) is 6.07 Å². The molecule has 3 heterocycles. The Hall–Kier alpha value is -5.18. The van der Waals surface area contributed by atoms with Gasteiger partial charge in [-0.2, -0.15) is 31.6 Å². The van der Waals surface area contributed by atoms with Crippen LogP contribution in [0.3, 0.4) is 0 Å². The number of rotatable bonds is 13. The number of unbranched alkanes of at least 4 members (excludes halogenated alkanes) is 1. The molecule has 0 saturated carbocycles. The number of fused-ring (bicyclic) bond motifs is 1. The normalized spacial score (nSPS) is 17.3. The van der Waals surface area contributed by atoms with Gasteiger partial charge in [-0.1, -0.05) is 6.92 Å². The van der Waals surface area contributed by atoms with E-state index in [9.17, 15) is 35.9 Å². The molecule has 18 heteroatoms. The lowest BCUT2D eigenvalue weighted by Crippen LogP contribution is -2.61. The molecule has 4 rings (SSSR count). The molecule has 0 radical (unpaired) electrons. The Balaban J connectivity index is 1.82. The number of hydrogen-bond donors (Lipinski definition) is 2. The van der Waals surface area contributed by atoms with Crippen LogP contribution in [-0.2, 0) is 28.3 Å². The Morgan fingerprint density at radius 2 is 1.76 bits per heavy atom. The maximum Gasteiger partial charge on any atom is 0.416 e. The summed E-state index contributed by atoms with van der Waals surface area (Å²) in [5.41, 5.74) is 2.37. The number of anilines is 1. The summed E-state index contributed by atoms with van der Waals surface area (Å²) in [5.74, 6) is -1.82. The van der Waals surface area contributed by atoms with Gasteiger partial charge in [0.15, 0.2) is 5.75 Å². The van der Waals surface area contributed by atoms with Crippen LogP contribution in [0, 0.1) is 11.3 Å². The van der Waals surface area contributed by atoms with Crippen molar-refractivity contribution in [3.8, 4) is 17.7 Å². The molecule has 2 aromatic heterocycles. The molecule has 274 valence electrons. The van der Waals surface area contributed by atoms with Crippen LogP contribution < -0.4 is 20.1 Å². The second-order valence-electron chi connectivity index (χ2n) is 11.7. The van der Waals surface area contributed by atoms with Crippen LogP contribution in [0.5, 0.6) is 11.6 Å². The van der Waals surface area contributed by atoms with Crippen LogP contribution in [0.4, 0.5) is 36.8 Å². The van der Waals surface area contributed by atoms with Gasteiger partial charge in [0, 0.05) is 25.3 Å². The van der Waals surface area contributed by atoms with Crippen molar-refractivity contribution in [3.63, 3.8) is 0 Å². The van der Waals surface area contributed by atoms with Crippen molar-refractivity contribution in [1.82, 2.24) is 15.0 Å². The molecule has 0 bridgehead atoms. The van der Waals surface area contributed by atoms with Gasteiger partial charge >= 0.3 is 24.4 Å². The molecule has 0 spiro atoms. The van der Waals surface area contributed by atoms with E-state index in [1.54, 1.807) is 6.92 Å². The number of ether oxygens (including phenoxy) is 3. The minimum atomic E-state index is -5.08. The van der Waals surface area contributed by atoms with Gasteiger partial charge in [0.1, 0.15) is 11.5 Å². The lowest BCUT2D eigenvalue weighted by atomic mass is 9.83. The van der Waals surface area contributed by atoms with Crippen molar-refractivity contribution in [1.29, 1.82) is 5.26 Å². The number of nitrogens with zero attached hydrogens (tertiary/aromatic N) is 5. The van der Waals surface area contributed by atoms with E-state index >= 15 is 0 Å². The van der Waals surface area contributed by atoms with Gasteiger partial charge in [-0.15, -0.1) is 0 Å². The maximum atomic E-state index is 13.7. The van der Waals surface area contributed by atoms with Crippen molar-refractivity contribution in [3.05, 3.63) is 70.4 Å². The van der Waals surface area contributed by atoms with E-state index in [-0.39, 0.29) is 97.9 Å². The van der Waals surface area contributed by atoms with Crippen molar-refractivity contribution < 1.29 is 55.2 Å². The quantitative estimate of drug-likeness (QED) is 0.144. The molecule has 0 fully saturated rings. The number of hydrogen-bond acceptors (Lipinski definition) is 10. The second kappa shape index (κ2) is 15.8. The molecule has 2 atom stereocenters. The number of benzene rings is 1. The predicted molar refractivity (Wildman–Crippen MR) is 167 cm³/mol. The first-order valence-electron chi connectivity index (χ1n) is 15.7. The van der Waals surface area contributed by atoms with Gasteiger partial charge in [-0.25, -0.2) is 19.7 Å². The first kappa shape index (κ1) is 38.6. The fourth-order valence-electron chi connectivity index (χ4n) is 5.52. The van der Waals surface area contributed by atoms with Crippen LogP contribution in [-0.4, -0.2) is 58.1 Å². The highest BCUT2D eigenvalue weighted by Crippen LogP contribution is 2.46. The lowest BCUT2D eigenvalue weighted by Gasteiger charge is -2.46. The molecule has 1 aliphatic rings. The molecule has 51 heavy (non-hydrogen) atoms. The molecular formula is C33H34F6N6O6. The van der Waals surface area contributed by atoms with E-state index in [4.69, 9.17) is 30.3 Å². The highest BCUT2D eigenvalue weighted by atomic mass is 19.4. The van der Waals surface area contributed by atoms with Gasteiger partial charge in [-0.05, 0) is 55.5 Å². The average molecular weight is 725 g/mol. The first-order valence-corrected chi connectivity index (χ1v) is 15.7. The topological polar surface area (TPSA) is 174 Å². The number of methoxy groups -OCH3 is 1. The van der Waals surface area contributed by atoms with Gasteiger partial charge in [-0.3, -0.25) is 9.69 Å². The number of alkyl halides is 6. The lowest BCUT2D eigenvalue weighted by molar-refractivity contribution is -0.143. The van der Waals surface area contributed by atoms with E-state index in [0.29, 0.717) is 12.1 Å². The molecular weight excluding hydrogens is 690 g/mol. The van der Waals surface area contributed by atoms with Crippen LogP contribution in [0.25, 0.3) is 0 Å². The Labute approximate surface area is 288 Å².